The third-order valence-electron chi connectivity index (χ3n) is 4.49. The molecule has 0 spiro atoms. The van der Waals surface area contributed by atoms with Crippen LogP contribution >= 0.6 is 0 Å². The molecule has 2 fully saturated rings. The van der Waals surface area contributed by atoms with Crippen molar-refractivity contribution < 1.29 is 5.11 Å². The van der Waals surface area contributed by atoms with E-state index in [1.807, 2.05) is 12.1 Å². The van der Waals surface area contributed by atoms with Gasteiger partial charge in [0.05, 0.1) is 0 Å². The van der Waals surface area contributed by atoms with E-state index in [-0.39, 0.29) is 0 Å². The maximum absolute atomic E-state index is 9.29. The summed E-state index contributed by atoms with van der Waals surface area (Å²) in [6, 6.07) is 7.38. The summed E-state index contributed by atoms with van der Waals surface area (Å²) in [6.45, 7) is 7.66. The van der Waals surface area contributed by atoms with E-state index in [2.05, 4.69) is 11.5 Å². The lowest BCUT2D eigenvalue weighted by Gasteiger charge is -2.18. The van der Waals surface area contributed by atoms with Crippen LogP contribution in [0.3, 0.4) is 0 Å². The second kappa shape index (κ2) is 4.77. The third kappa shape index (κ3) is 2.30. The van der Waals surface area contributed by atoms with E-state index in [1.54, 1.807) is 12.1 Å². The number of fused-ring (bicyclic) bond motifs is 1. The van der Waals surface area contributed by atoms with Gasteiger partial charge in [0.15, 0.2) is 0 Å². The Morgan fingerprint density at radius 2 is 1.78 bits per heavy atom. The Morgan fingerprint density at radius 1 is 1.17 bits per heavy atom. The highest BCUT2D eigenvalue weighted by Gasteiger charge is 2.35. The van der Waals surface area contributed by atoms with Crippen LogP contribution in [0.25, 0.3) is 5.57 Å². The summed E-state index contributed by atoms with van der Waals surface area (Å²) >= 11 is 0. The molecule has 3 rings (SSSR count). The van der Waals surface area contributed by atoms with Crippen molar-refractivity contribution in [3.8, 4) is 5.75 Å². The number of rotatable bonds is 3. The molecular formula is C16H21NO. The van der Waals surface area contributed by atoms with Gasteiger partial charge < -0.3 is 5.11 Å². The number of hydrogen-bond acceptors (Lipinski definition) is 2. The van der Waals surface area contributed by atoms with Gasteiger partial charge in [0.2, 0.25) is 0 Å². The molecule has 1 aromatic rings. The quantitative estimate of drug-likeness (QED) is 0.881. The molecule has 1 aliphatic carbocycles. The Labute approximate surface area is 109 Å². The van der Waals surface area contributed by atoms with Crippen molar-refractivity contribution in [2.45, 2.75) is 19.3 Å². The van der Waals surface area contributed by atoms with E-state index in [0.29, 0.717) is 5.75 Å². The van der Waals surface area contributed by atoms with Gasteiger partial charge in [-0.3, -0.25) is 4.90 Å². The summed E-state index contributed by atoms with van der Waals surface area (Å²) in [6.07, 6.45) is 4.28. The molecule has 1 aliphatic heterocycles. The van der Waals surface area contributed by atoms with Gasteiger partial charge >= 0.3 is 0 Å². The van der Waals surface area contributed by atoms with Crippen LogP contribution < -0.4 is 0 Å². The van der Waals surface area contributed by atoms with Crippen LogP contribution in [0.15, 0.2) is 30.8 Å². The number of phenolic OH excluding ortho intramolecular Hbond substituents is 1. The number of nitrogens with zero attached hydrogens (tertiary/aromatic N) is 1. The molecule has 2 nitrogen and oxygen atoms in total. The predicted molar refractivity (Wildman–Crippen MR) is 74.4 cm³/mol. The lowest BCUT2D eigenvalue weighted by Crippen LogP contribution is -2.23. The van der Waals surface area contributed by atoms with Crippen molar-refractivity contribution >= 4 is 5.57 Å². The topological polar surface area (TPSA) is 23.5 Å². The number of aromatic hydroxyl groups is 1. The number of phenols is 1. The second-order valence-corrected chi connectivity index (χ2v) is 5.80. The van der Waals surface area contributed by atoms with E-state index in [1.165, 1.54) is 32.4 Å². The van der Waals surface area contributed by atoms with Crippen LogP contribution in [0.1, 0.15) is 24.8 Å². The van der Waals surface area contributed by atoms with Gasteiger partial charge in [-0.05, 0) is 47.9 Å². The Hall–Kier alpha value is -1.28. The van der Waals surface area contributed by atoms with E-state index in [4.69, 9.17) is 0 Å². The summed E-state index contributed by atoms with van der Waals surface area (Å²) in [5.74, 6) is 2.21. The highest BCUT2D eigenvalue weighted by molar-refractivity contribution is 5.65. The van der Waals surface area contributed by atoms with Gasteiger partial charge in [0, 0.05) is 19.6 Å². The van der Waals surface area contributed by atoms with Gasteiger partial charge in [0.25, 0.3) is 0 Å². The fourth-order valence-electron chi connectivity index (χ4n) is 3.52. The van der Waals surface area contributed by atoms with Crippen LogP contribution in [0.4, 0.5) is 0 Å². The molecule has 18 heavy (non-hydrogen) atoms. The molecule has 1 saturated carbocycles. The van der Waals surface area contributed by atoms with E-state index in [0.717, 1.165) is 29.5 Å². The van der Waals surface area contributed by atoms with Crippen molar-refractivity contribution in [2.75, 3.05) is 19.6 Å². The minimum absolute atomic E-state index is 0.322. The largest absolute Gasteiger partial charge is 0.508 e. The lowest BCUT2D eigenvalue weighted by atomic mass is 10.0. The summed E-state index contributed by atoms with van der Waals surface area (Å²) in [5.41, 5.74) is 2.31. The maximum Gasteiger partial charge on any atom is 0.115 e. The van der Waals surface area contributed by atoms with Crippen LogP contribution in [0.5, 0.6) is 5.75 Å². The van der Waals surface area contributed by atoms with Crippen molar-refractivity contribution in [1.29, 1.82) is 0 Å². The van der Waals surface area contributed by atoms with Gasteiger partial charge in [-0.2, -0.15) is 0 Å². The molecule has 1 N–H and O–H groups in total. The molecule has 0 aromatic heterocycles. The molecular weight excluding hydrogens is 222 g/mol. The first-order valence-electron chi connectivity index (χ1n) is 6.92. The Morgan fingerprint density at radius 3 is 2.39 bits per heavy atom. The zero-order valence-corrected chi connectivity index (χ0v) is 10.8. The molecule has 1 saturated heterocycles. The highest BCUT2D eigenvalue weighted by atomic mass is 16.3. The summed E-state index contributed by atoms with van der Waals surface area (Å²) in [4.78, 5) is 2.55. The summed E-state index contributed by atoms with van der Waals surface area (Å²) < 4.78 is 0. The van der Waals surface area contributed by atoms with Gasteiger partial charge in [-0.25, -0.2) is 0 Å². The first-order valence-corrected chi connectivity index (χ1v) is 6.92. The van der Waals surface area contributed by atoms with Gasteiger partial charge in [-0.1, -0.05) is 25.1 Å². The molecule has 2 aliphatic rings. The monoisotopic (exact) mass is 243 g/mol. The zero-order valence-electron chi connectivity index (χ0n) is 10.8. The standard InChI is InChI=1S/C16H21NO/c1-12(13-5-7-16(18)8-6-13)9-17-10-14-3-2-4-15(14)11-17/h5-8,14-15,18H,1-4,9-11H2. The Kier molecular flexibility index (Phi) is 3.13. The average Bonchev–Trinajstić information content (AvgIpc) is 2.90. The molecule has 1 heterocycles. The lowest BCUT2D eigenvalue weighted by molar-refractivity contribution is 0.349. The molecule has 2 atom stereocenters. The van der Waals surface area contributed by atoms with E-state index < -0.39 is 0 Å². The first kappa shape index (κ1) is 11.8. The highest BCUT2D eigenvalue weighted by Crippen LogP contribution is 2.38. The molecule has 2 unspecified atom stereocenters. The van der Waals surface area contributed by atoms with Crippen LogP contribution in [-0.2, 0) is 0 Å². The van der Waals surface area contributed by atoms with Crippen molar-refractivity contribution in [2.24, 2.45) is 11.8 Å². The zero-order chi connectivity index (χ0) is 12.5. The minimum Gasteiger partial charge on any atom is -0.508 e. The average molecular weight is 243 g/mol. The fraction of sp³-hybridized carbons (Fsp3) is 0.500. The molecule has 0 amide bonds. The smallest absolute Gasteiger partial charge is 0.115 e. The van der Waals surface area contributed by atoms with Gasteiger partial charge in [0.1, 0.15) is 5.75 Å². The number of hydrogen-bond donors (Lipinski definition) is 1. The molecule has 1 aromatic carbocycles. The van der Waals surface area contributed by atoms with E-state index in [9.17, 15) is 5.11 Å². The molecule has 0 radical (unpaired) electrons. The minimum atomic E-state index is 0.322. The summed E-state index contributed by atoms with van der Waals surface area (Å²) in [7, 11) is 0. The first-order chi connectivity index (χ1) is 8.72. The van der Waals surface area contributed by atoms with Gasteiger partial charge in [-0.15, -0.1) is 0 Å². The fourth-order valence-corrected chi connectivity index (χ4v) is 3.52. The number of benzene rings is 1. The molecule has 2 heteroatoms. The van der Waals surface area contributed by atoms with Crippen LogP contribution in [0.2, 0.25) is 0 Å². The third-order valence-corrected chi connectivity index (χ3v) is 4.49. The molecule has 0 bridgehead atoms. The normalized spacial score (nSPS) is 27.3. The Balaban J connectivity index is 1.60. The predicted octanol–water partition coefficient (Wildman–Crippen LogP) is 3.14. The van der Waals surface area contributed by atoms with Crippen LogP contribution in [-0.4, -0.2) is 29.6 Å². The SMILES string of the molecule is C=C(CN1CC2CCCC2C1)c1ccc(O)cc1. The maximum atomic E-state index is 9.29. The summed E-state index contributed by atoms with van der Waals surface area (Å²) in [5, 5.41) is 9.29. The second-order valence-electron chi connectivity index (χ2n) is 5.80. The number of likely N-dealkylation sites (tertiary alicyclic amines) is 1. The van der Waals surface area contributed by atoms with E-state index >= 15 is 0 Å². The molecule has 96 valence electrons. The van der Waals surface area contributed by atoms with Crippen molar-refractivity contribution in [3.05, 3.63) is 36.4 Å². The van der Waals surface area contributed by atoms with Crippen molar-refractivity contribution in [1.82, 2.24) is 4.90 Å². The van der Waals surface area contributed by atoms with Crippen molar-refractivity contribution in [3.63, 3.8) is 0 Å². The Bertz CT molecular complexity index is 425. The van der Waals surface area contributed by atoms with Crippen LogP contribution in [0, 0.1) is 11.8 Å².